The van der Waals surface area contributed by atoms with Crippen LogP contribution in [0.15, 0.2) is 12.1 Å². The van der Waals surface area contributed by atoms with Crippen LogP contribution >= 0.6 is 11.6 Å². The van der Waals surface area contributed by atoms with Crippen molar-refractivity contribution in [2.24, 2.45) is 0 Å². The van der Waals surface area contributed by atoms with Crippen molar-refractivity contribution in [3.8, 4) is 0 Å². The third-order valence-corrected chi connectivity index (χ3v) is 1.72. The molecule has 0 spiro atoms. The van der Waals surface area contributed by atoms with Crippen molar-refractivity contribution in [3.05, 3.63) is 34.4 Å². The molecule has 11 heavy (non-hydrogen) atoms. The van der Waals surface area contributed by atoms with Gasteiger partial charge in [0.2, 0.25) is 0 Å². The van der Waals surface area contributed by atoms with Crippen LogP contribution in [0.1, 0.15) is 12.5 Å². The molecule has 0 saturated carbocycles. The molecule has 0 saturated heterocycles. The van der Waals surface area contributed by atoms with Gasteiger partial charge < -0.3 is 0 Å². The molecule has 0 N–H and O–H groups in total. The van der Waals surface area contributed by atoms with Crippen LogP contribution < -0.4 is 0 Å². The highest BCUT2D eigenvalue weighted by atomic mass is 35.5. The third-order valence-electron chi connectivity index (χ3n) is 1.45. The van der Waals surface area contributed by atoms with Crippen molar-refractivity contribution in [3.63, 3.8) is 0 Å². The van der Waals surface area contributed by atoms with Crippen molar-refractivity contribution in [1.82, 2.24) is 0 Å². The minimum absolute atomic E-state index is 0.151. The largest absolute Gasteiger partial charge is 0.207 e. The van der Waals surface area contributed by atoms with E-state index < -0.39 is 11.6 Å². The quantitative estimate of drug-likeness (QED) is 0.577. The zero-order valence-corrected chi connectivity index (χ0v) is 6.75. The topological polar surface area (TPSA) is 0 Å². The summed E-state index contributed by atoms with van der Waals surface area (Å²) in [5, 5.41) is -0.151. The molecule has 0 unspecified atom stereocenters. The summed E-state index contributed by atoms with van der Waals surface area (Å²) < 4.78 is 25.4. The number of halogens is 3. The van der Waals surface area contributed by atoms with Crippen molar-refractivity contribution >= 4 is 11.6 Å². The van der Waals surface area contributed by atoms with E-state index in [1.54, 1.807) is 6.92 Å². The van der Waals surface area contributed by atoms with E-state index >= 15 is 0 Å². The van der Waals surface area contributed by atoms with Crippen molar-refractivity contribution < 1.29 is 8.78 Å². The second-order valence-electron chi connectivity index (χ2n) is 2.21. The summed E-state index contributed by atoms with van der Waals surface area (Å²) in [6, 6.07) is 2.12. The second-order valence-corrected chi connectivity index (χ2v) is 2.62. The molecule has 0 radical (unpaired) electrons. The first-order chi connectivity index (χ1) is 5.15. The Balaban J connectivity index is 3.24. The Kier molecular flexibility index (Phi) is 2.45. The Morgan fingerprint density at radius 1 is 1.36 bits per heavy atom. The van der Waals surface area contributed by atoms with Gasteiger partial charge in [-0.1, -0.05) is 18.5 Å². The van der Waals surface area contributed by atoms with E-state index in [0.717, 1.165) is 12.1 Å². The molecular weight excluding hydrogens is 170 g/mol. The molecule has 0 atom stereocenters. The van der Waals surface area contributed by atoms with Crippen LogP contribution in [-0.2, 0) is 6.42 Å². The summed E-state index contributed by atoms with van der Waals surface area (Å²) in [4.78, 5) is 0. The number of aryl methyl sites for hydroxylation is 1. The average Bonchev–Trinajstić information content (AvgIpc) is 1.96. The molecule has 0 aliphatic heterocycles. The number of rotatable bonds is 1. The van der Waals surface area contributed by atoms with Gasteiger partial charge in [0.25, 0.3) is 0 Å². The van der Waals surface area contributed by atoms with Gasteiger partial charge in [0, 0.05) is 0 Å². The number of benzene rings is 1. The lowest BCUT2D eigenvalue weighted by Gasteiger charge is -2.00. The SMILES string of the molecule is CCc1cc(F)cc(Cl)c1F. The van der Waals surface area contributed by atoms with E-state index in [2.05, 4.69) is 0 Å². The smallest absolute Gasteiger partial charge is 0.145 e. The van der Waals surface area contributed by atoms with Crippen molar-refractivity contribution in [1.29, 1.82) is 0 Å². The molecule has 1 rings (SSSR count). The molecule has 1 aromatic rings. The van der Waals surface area contributed by atoms with E-state index in [9.17, 15) is 8.78 Å². The van der Waals surface area contributed by atoms with Crippen LogP contribution in [0.4, 0.5) is 8.78 Å². The van der Waals surface area contributed by atoms with Gasteiger partial charge in [-0.05, 0) is 24.1 Å². The molecular formula is C8H7ClF2. The van der Waals surface area contributed by atoms with Crippen molar-refractivity contribution in [2.45, 2.75) is 13.3 Å². The average molecular weight is 177 g/mol. The van der Waals surface area contributed by atoms with Crippen LogP contribution in [0.5, 0.6) is 0 Å². The summed E-state index contributed by atoms with van der Waals surface area (Å²) in [5.74, 6) is -1.01. The minimum Gasteiger partial charge on any atom is -0.207 e. The molecule has 0 amide bonds. The number of hydrogen-bond acceptors (Lipinski definition) is 0. The Labute approximate surface area is 68.8 Å². The molecule has 0 fully saturated rings. The van der Waals surface area contributed by atoms with Crippen LogP contribution in [0.2, 0.25) is 5.02 Å². The van der Waals surface area contributed by atoms with E-state index in [1.807, 2.05) is 0 Å². The van der Waals surface area contributed by atoms with Gasteiger partial charge in [-0.2, -0.15) is 0 Å². The Morgan fingerprint density at radius 3 is 2.55 bits per heavy atom. The van der Waals surface area contributed by atoms with E-state index in [-0.39, 0.29) is 5.02 Å². The molecule has 0 nitrogen and oxygen atoms in total. The fourth-order valence-electron chi connectivity index (χ4n) is 0.867. The monoisotopic (exact) mass is 176 g/mol. The highest BCUT2D eigenvalue weighted by Crippen LogP contribution is 2.20. The maximum atomic E-state index is 12.9. The Hall–Kier alpha value is -0.630. The van der Waals surface area contributed by atoms with Gasteiger partial charge in [0.05, 0.1) is 5.02 Å². The molecule has 0 bridgehead atoms. The number of hydrogen-bond donors (Lipinski definition) is 0. The van der Waals surface area contributed by atoms with Gasteiger partial charge in [-0.3, -0.25) is 0 Å². The first-order valence-corrected chi connectivity index (χ1v) is 3.66. The van der Waals surface area contributed by atoms with Crippen LogP contribution in [0, 0.1) is 11.6 Å². The highest BCUT2D eigenvalue weighted by Gasteiger charge is 2.06. The predicted octanol–water partition coefficient (Wildman–Crippen LogP) is 3.18. The van der Waals surface area contributed by atoms with Gasteiger partial charge in [0.15, 0.2) is 0 Å². The van der Waals surface area contributed by atoms with Gasteiger partial charge in [-0.25, -0.2) is 8.78 Å². The predicted molar refractivity (Wildman–Crippen MR) is 40.7 cm³/mol. The zero-order valence-electron chi connectivity index (χ0n) is 6.00. The molecule has 1 aromatic carbocycles. The fourth-order valence-corrected chi connectivity index (χ4v) is 1.09. The van der Waals surface area contributed by atoms with Gasteiger partial charge in [-0.15, -0.1) is 0 Å². The minimum atomic E-state index is -0.518. The van der Waals surface area contributed by atoms with Gasteiger partial charge >= 0.3 is 0 Å². The molecule has 0 aliphatic carbocycles. The summed E-state index contributed by atoms with van der Waals surface area (Å²) in [7, 11) is 0. The summed E-state index contributed by atoms with van der Waals surface area (Å²) >= 11 is 5.38. The lowest BCUT2D eigenvalue weighted by atomic mass is 10.1. The van der Waals surface area contributed by atoms with E-state index in [1.165, 1.54) is 0 Å². The lowest BCUT2D eigenvalue weighted by Crippen LogP contribution is -1.90. The molecule has 0 aromatic heterocycles. The van der Waals surface area contributed by atoms with E-state index in [4.69, 9.17) is 11.6 Å². The maximum absolute atomic E-state index is 12.9. The molecule has 0 heterocycles. The molecule has 60 valence electrons. The zero-order chi connectivity index (χ0) is 8.43. The summed E-state index contributed by atoms with van der Waals surface area (Å²) in [5.41, 5.74) is 0.315. The highest BCUT2D eigenvalue weighted by molar-refractivity contribution is 6.30. The fraction of sp³-hybridized carbons (Fsp3) is 0.250. The molecule has 0 aliphatic rings. The molecule has 3 heteroatoms. The third kappa shape index (κ3) is 1.69. The summed E-state index contributed by atoms with van der Waals surface area (Å²) in [6.07, 6.45) is 0.448. The van der Waals surface area contributed by atoms with E-state index in [0.29, 0.717) is 12.0 Å². The maximum Gasteiger partial charge on any atom is 0.145 e. The summed E-state index contributed by atoms with van der Waals surface area (Å²) in [6.45, 7) is 1.74. The Morgan fingerprint density at radius 2 is 2.00 bits per heavy atom. The first kappa shape index (κ1) is 8.47. The normalized spacial score (nSPS) is 10.2. The Bertz CT molecular complexity index is 271. The van der Waals surface area contributed by atoms with Crippen LogP contribution in [-0.4, -0.2) is 0 Å². The van der Waals surface area contributed by atoms with Gasteiger partial charge in [0.1, 0.15) is 11.6 Å². The van der Waals surface area contributed by atoms with Crippen LogP contribution in [0.3, 0.4) is 0 Å². The lowest BCUT2D eigenvalue weighted by molar-refractivity contribution is 0.587. The van der Waals surface area contributed by atoms with Crippen molar-refractivity contribution in [2.75, 3.05) is 0 Å². The standard InChI is InChI=1S/C8H7ClF2/c1-2-5-3-6(10)4-7(9)8(5)11/h3-4H,2H2,1H3. The van der Waals surface area contributed by atoms with Crippen LogP contribution in [0.25, 0.3) is 0 Å². The second kappa shape index (κ2) is 3.18. The first-order valence-electron chi connectivity index (χ1n) is 3.28.